The minimum atomic E-state index is -0.188. The molecule has 0 radical (unpaired) electrons. The molecule has 6 heteroatoms. The van der Waals surface area contributed by atoms with Crippen LogP contribution in [0.25, 0.3) is 0 Å². The van der Waals surface area contributed by atoms with Crippen molar-refractivity contribution in [2.75, 3.05) is 18.5 Å². The molecular weight excluding hydrogens is 292 g/mol. The number of amides is 2. The summed E-state index contributed by atoms with van der Waals surface area (Å²) in [6.07, 6.45) is 4.65. The lowest BCUT2D eigenvalue weighted by atomic mass is 10.1. The zero-order chi connectivity index (χ0) is 16.2. The van der Waals surface area contributed by atoms with Crippen LogP contribution in [0, 0.1) is 6.92 Å². The van der Waals surface area contributed by atoms with Crippen LogP contribution in [0.15, 0.2) is 36.7 Å². The van der Waals surface area contributed by atoms with Gasteiger partial charge < -0.3 is 19.9 Å². The number of benzene rings is 1. The molecule has 1 fully saturated rings. The minimum Gasteiger partial charge on any atom is -0.379 e. The standard InChI is InChI=1S/C17H22N4O2/c1-12(21-9-8-18-13(21)2)14-3-5-15(6-4-14)19-17(22)20-16-7-10-23-11-16/h3-6,8-9,12,16H,7,10-11H2,1-2H3,(H2,19,20,22)/t12-,16-/m1/s1. The molecule has 1 aromatic heterocycles. The highest BCUT2D eigenvalue weighted by atomic mass is 16.5. The zero-order valence-electron chi connectivity index (χ0n) is 13.5. The third kappa shape index (κ3) is 3.71. The minimum absolute atomic E-state index is 0.110. The number of aromatic nitrogens is 2. The van der Waals surface area contributed by atoms with E-state index in [0.29, 0.717) is 13.2 Å². The summed E-state index contributed by atoms with van der Waals surface area (Å²) >= 11 is 0. The summed E-state index contributed by atoms with van der Waals surface area (Å²) in [4.78, 5) is 16.2. The van der Waals surface area contributed by atoms with Crippen LogP contribution >= 0.6 is 0 Å². The second kappa shape index (κ2) is 6.83. The van der Waals surface area contributed by atoms with Crippen molar-refractivity contribution >= 4 is 11.7 Å². The van der Waals surface area contributed by atoms with E-state index >= 15 is 0 Å². The van der Waals surface area contributed by atoms with Crippen LogP contribution in [0.2, 0.25) is 0 Å². The first-order chi connectivity index (χ1) is 11.1. The van der Waals surface area contributed by atoms with Gasteiger partial charge >= 0.3 is 6.03 Å². The molecule has 2 aromatic rings. The molecule has 0 bridgehead atoms. The summed E-state index contributed by atoms with van der Waals surface area (Å²) in [6.45, 7) is 5.42. The first-order valence-corrected chi connectivity index (χ1v) is 7.88. The number of nitrogens with zero attached hydrogens (tertiary/aromatic N) is 2. The highest BCUT2D eigenvalue weighted by Gasteiger charge is 2.17. The smallest absolute Gasteiger partial charge is 0.319 e. The average Bonchev–Trinajstić information content (AvgIpc) is 3.19. The van der Waals surface area contributed by atoms with Crippen LogP contribution in [-0.2, 0) is 4.74 Å². The molecule has 1 aliphatic rings. The fourth-order valence-corrected chi connectivity index (χ4v) is 2.80. The summed E-state index contributed by atoms with van der Waals surface area (Å²) in [5.74, 6) is 0.984. The normalized spacial score (nSPS) is 18.6. The molecule has 1 saturated heterocycles. The van der Waals surface area contributed by atoms with Crippen LogP contribution in [-0.4, -0.2) is 34.8 Å². The lowest BCUT2D eigenvalue weighted by molar-refractivity contribution is 0.189. The number of anilines is 1. The summed E-state index contributed by atoms with van der Waals surface area (Å²) < 4.78 is 7.37. The summed E-state index contributed by atoms with van der Waals surface area (Å²) in [6, 6.07) is 8.02. The lowest BCUT2D eigenvalue weighted by Gasteiger charge is -2.16. The van der Waals surface area contributed by atoms with Gasteiger partial charge in [0.1, 0.15) is 5.82 Å². The molecular formula is C17H22N4O2. The fourth-order valence-electron chi connectivity index (χ4n) is 2.80. The first kappa shape index (κ1) is 15.6. The molecule has 2 heterocycles. The van der Waals surface area contributed by atoms with Gasteiger partial charge in [-0.3, -0.25) is 0 Å². The van der Waals surface area contributed by atoms with Gasteiger partial charge in [-0.25, -0.2) is 9.78 Å². The number of ether oxygens (including phenoxy) is 1. The van der Waals surface area contributed by atoms with Crippen molar-refractivity contribution in [3.8, 4) is 0 Å². The molecule has 0 unspecified atom stereocenters. The van der Waals surface area contributed by atoms with Gasteiger partial charge in [-0.05, 0) is 38.0 Å². The maximum absolute atomic E-state index is 11.9. The van der Waals surface area contributed by atoms with Crippen molar-refractivity contribution < 1.29 is 9.53 Å². The molecule has 3 rings (SSSR count). The van der Waals surface area contributed by atoms with E-state index in [9.17, 15) is 4.79 Å². The molecule has 6 nitrogen and oxygen atoms in total. The Morgan fingerprint density at radius 2 is 2.17 bits per heavy atom. The predicted molar refractivity (Wildman–Crippen MR) is 88.6 cm³/mol. The number of nitrogens with one attached hydrogen (secondary N) is 2. The molecule has 0 spiro atoms. The van der Waals surface area contributed by atoms with Crippen LogP contribution < -0.4 is 10.6 Å². The Bertz CT molecular complexity index is 659. The van der Waals surface area contributed by atoms with E-state index < -0.39 is 0 Å². The van der Waals surface area contributed by atoms with Crippen LogP contribution in [0.4, 0.5) is 10.5 Å². The van der Waals surface area contributed by atoms with Crippen molar-refractivity contribution in [2.45, 2.75) is 32.4 Å². The Morgan fingerprint density at radius 3 is 2.78 bits per heavy atom. The van der Waals surface area contributed by atoms with E-state index in [2.05, 4.69) is 27.1 Å². The van der Waals surface area contributed by atoms with Gasteiger partial charge in [-0.1, -0.05) is 12.1 Å². The van der Waals surface area contributed by atoms with Crippen molar-refractivity contribution in [1.29, 1.82) is 0 Å². The Kier molecular flexibility index (Phi) is 4.62. The van der Waals surface area contributed by atoms with E-state index in [1.807, 2.05) is 37.4 Å². The lowest BCUT2D eigenvalue weighted by Crippen LogP contribution is -2.38. The molecule has 0 saturated carbocycles. The van der Waals surface area contributed by atoms with Crippen LogP contribution in [0.1, 0.15) is 30.8 Å². The van der Waals surface area contributed by atoms with E-state index in [1.165, 1.54) is 5.56 Å². The third-order valence-electron chi connectivity index (χ3n) is 4.20. The van der Waals surface area contributed by atoms with E-state index in [1.54, 1.807) is 6.20 Å². The Morgan fingerprint density at radius 1 is 1.39 bits per heavy atom. The SMILES string of the molecule is Cc1nccn1[C@H](C)c1ccc(NC(=O)N[C@@H]2CCOC2)cc1. The van der Waals surface area contributed by atoms with Crippen LogP contribution in [0.3, 0.4) is 0 Å². The first-order valence-electron chi connectivity index (χ1n) is 7.88. The van der Waals surface area contributed by atoms with Gasteiger partial charge in [0, 0.05) is 24.7 Å². The quantitative estimate of drug-likeness (QED) is 0.912. The van der Waals surface area contributed by atoms with E-state index in [0.717, 1.165) is 17.9 Å². The average molecular weight is 314 g/mol. The Balaban J connectivity index is 1.60. The number of imidazole rings is 1. The maximum Gasteiger partial charge on any atom is 0.319 e. The number of hydrogen-bond acceptors (Lipinski definition) is 3. The van der Waals surface area contributed by atoms with Crippen LogP contribution in [0.5, 0.6) is 0 Å². The van der Waals surface area contributed by atoms with Gasteiger partial charge in [-0.15, -0.1) is 0 Å². The number of hydrogen-bond donors (Lipinski definition) is 2. The maximum atomic E-state index is 11.9. The van der Waals surface area contributed by atoms with Crippen molar-refractivity contribution in [3.05, 3.63) is 48.0 Å². The van der Waals surface area contributed by atoms with Gasteiger partial charge in [0.25, 0.3) is 0 Å². The van der Waals surface area contributed by atoms with E-state index in [-0.39, 0.29) is 18.1 Å². The highest BCUT2D eigenvalue weighted by molar-refractivity contribution is 5.89. The third-order valence-corrected chi connectivity index (χ3v) is 4.20. The largest absolute Gasteiger partial charge is 0.379 e. The summed E-state index contributed by atoms with van der Waals surface area (Å²) in [5, 5.41) is 5.76. The molecule has 1 aromatic carbocycles. The second-order valence-corrected chi connectivity index (χ2v) is 5.84. The number of aryl methyl sites for hydroxylation is 1. The topological polar surface area (TPSA) is 68.2 Å². The van der Waals surface area contributed by atoms with Gasteiger partial charge in [0.2, 0.25) is 0 Å². The van der Waals surface area contributed by atoms with Gasteiger partial charge in [0.05, 0.1) is 18.7 Å². The predicted octanol–water partition coefficient (Wildman–Crippen LogP) is 2.71. The number of rotatable bonds is 4. The molecule has 23 heavy (non-hydrogen) atoms. The number of carbonyl (C=O) groups is 1. The summed E-state index contributed by atoms with van der Waals surface area (Å²) in [5.41, 5.74) is 1.95. The van der Waals surface area contributed by atoms with E-state index in [4.69, 9.17) is 4.74 Å². The molecule has 2 amide bonds. The van der Waals surface area contributed by atoms with Crippen molar-refractivity contribution in [1.82, 2.24) is 14.9 Å². The van der Waals surface area contributed by atoms with Crippen molar-refractivity contribution in [2.24, 2.45) is 0 Å². The monoisotopic (exact) mass is 314 g/mol. The molecule has 122 valence electrons. The van der Waals surface area contributed by atoms with Gasteiger partial charge in [-0.2, -0.15) is 0 Å². The molecule has 2 N–H and O–H groups in total. The second-order valence-electron chi connectivity index (χ2n) is 5.84. The summed E-state index contributed by atoms with van der Waals surface area (Å²) in [7, 11) is 0. The Labute approximate surface area is 135 Å². The highest BCUT2D eigenvalue weighted by Crippen LogP contribution is 2.21. The Hall–Kier alpha value is -2.34. The van der Waals surface area contributed by atoms with Crippen molar-refractivity contribution in [3.63, 3.8) is 0 Å². The number of urea groups is 1. The fraction of sp³-hybridized carbons (Fsp3) is 0.412. The number of carbonyl (C=O) groups excluding carboxylic acids is 1. The van der Waals surface area contributed by atoms with Gasteiger partial charge in [0.15, 0.2) is 0 Å². The molecule has 0 aliphatic carbocycles. The molecule has 2 atom stereocenters. The zero-order valence-corrected chi connectivity index (χ0v) is 13.5. The molecule has 1 aliphatic heterocycles.